The topological polar surface area (TPSA) is 55.6 Å². The van der Waals surface area contributed by atoms with Crippen molar-refractivity contribution in [2.45, 2.75) is 52.2 Å². The van der Waals surface area contributed by atoms with Crippen LogP contribution in [-0.2, 0) is 4.79 Å². The number of benzene rings is 1. The summed E-state index contributed by atoms with van der Waals surface area (Å²) in [5.41, 5.74) is 8.36. The van der Waals surface area contributed by atoms with Gasteiger partial charge in [-0.05, 0) is 49.4 Å². The van der Waals surface area contributed by atoms with Crippen LogP contribution in [0.2, 0.25) is 0 Å². The van der Waals surface area contributed by atoms with Gasteiger partial charge >= 0.3 is 0 Å². The van der Waals surface area contributed by atoms with Crippen molar-refractivity contribution in [1.82, 2.24) is 4.90 Å². The van der Waals surface area contributed by atoms with Gasteiger partial charge in [-0.15, -0.1) is 0 Å². The van der Waals surface area contributed by atoms with Crippen LogP contribution in [0.1, 0.15) is 44.2 Å². The number of carbonyl (C=O) groups is 1. The summed E-state index contributed by atoms with van der Waals surface area (Å²) in [5, 5.41) is 0. The van der Waals surface area contributed by atoms with Crippen molar-refractivity contribution in [2.75, 3.05) is 13.1 Å². The van der Waals surface area contributed by atoms with Gasteiger partial charge in [-0.25, -0.2) is 0 Å². The summed E-state index contributed by atoms with van der Waals surface area (Å²) in [4.78, 5) is 14.1. The Hall–Kier alpha value is -1.55. The van der Waals surface area contributed by atoms with Gasteiger partial charge in [0.25, 0.3) is 5.91 Å². The summed E-state index contributed by atoms with van der Waals surface area (Å²) in [5.74, 6) is 1.26. The summed E-state index contributed by atoms with van der Waals surface area (Å²) in [6, 6.07) is 6.14. The fourth-order valence-electron chi connectivity index (χ4n) is 2.87. The largest absolute Gasteiger partial charge is 0.481 e. The highest BCUT2D eigenvalue weighted by Crippen LogP contribution is 2.24. The molecule has 0 spiro atoms. The van der Waals surface area contributed by atoms with Crippen molar-refractivity contribution in [3.63, 3.8) is 0 Å². The van der Waals surface area contributed by atoms with E-state index in [4.69, 9.17) is 10.5 Å². The molecule has 1 fully saturated rings. The van der Waals surface area contributed by atoms with Gasteiger partial charge in [0.05, 0.1) is 0 Å². The highest BCUT2D eigenvalue weighted by Gasteiger charge is 2.28. The van der Waals surface area contributed by atoms with E-state index in [1.165, 1.54) is 11.1 Å². The fraction of sp³-hybridized carbons (Fsp3) is 0.588. The highest BCUT2D eigenvalue weighted by atomic mass is 16.5. The molecule has 0 radical (unpaired) electrons. The molecule has 1 heterocycles. The lowest BCUT2D eigenvalue weighted by molar-refractivity contribution is -0.136. The first kappa shape index (κ1) is 15.8. The lowest BCUT2D eigenvalue weighted by Gasteiger charge is -2.22. The molecule has 1 aromatic rings. The van der Waals surface area contributed by atoms with Crippen molar-refractivity contribution in [2.24, 2.45) is 5.73 Å². The predicted octanol–water partition coefficient (Wildman–Crippen LogP) is 2.45. The van der Waals surface area contributed by atoms with E-state index in [0.29, 0.717) is 12.5 Å². The Morgan fingerprint density at radius 2 is 2.10 bits per heavy atom. The minimum absolute atomic E-state index is 0.0218. The SMILES string of the molecule is Cc1cc(O[C@H](C)C(=O)N2CC[C@@H](N)C2)ccc1C(C)C. The fourth-order valence-corrected chi connectivity index (χ4v) is 2.87. The summed E-state index contributed by atoms with van der Waals surface area (Å²) in [6.07, 6.45) is 0.403. The number of rotatable bonds is 4. The first-order valence-corrected chi connectivity index (χ1v) is 7.70. The van der Waals surface area contributed by atoms with Crippen LogP contribution >= 0.6 is 0 Å². The summed E-state index contributed by atoms with van der Waals surface area (Å²) >= 11 is 0. The number of likely N-dealkylation sites (tertiary alicyclic amines) is 1. The van der Waals surface area contributed by atoms with Crippen molar-refractivity contribution < 1.29 is 9.53 Å². The number of nitrogens with two attached hydrogens (primary N) is 1. The summed E-state index contributed by atoms with van der Waals surface area (Å²) in [6.45, 7) is 9.60. The molecule has 1 aliphatic heterocycles. The van der Waals surface area contributed by atoms with Gasteiger partial charge in [0.2, 0.25) is 0 Å². The molecule has 0 saturated carbocycles. The van der Waals surface area contributed by atoms with E-state index in [9.17, 15) is 4.79 Å². The Balaban J connectivity index is 2.01. The van der Waals surface area contributed by atoms with Crippen molar-refractivity contribution in [1.29, 1.82) is 0 Å². The minimum atomic E-state index is -0.473. The zero-order valence-corrected chi connectivity index (χ0v) is 13.4. The number of amides is 1. The van der Waals surface area contributed by atoms with Crippen LogP contribution in [0.5, 0.6) is 5.75 Å². The van der Waals surface area contributed by atoms with Crippen molar-refractivity contribution in [3.05, 3.63) is 29.3 Å². The van der Waals surface area contributed by atoms with E-state index in [1.54, 1.807) is 11.8 Å². The molecule has 0 aliphatic carbocycles. The molecule has 2 rings (SSSR count). The molecule has 4 heteroatoms. The van der Waals surface area contributed by atoms with Crippen LogP contribution in [0, 0.1) is 6.92 Å². The second-order valence-electron chi connectivity index (χ2n) is 6.27. The highest BCUT2D eigenvalue weighted by molar-refractivity contribution is 5.81. The monoisotopic (exact) mass is 290 g/mol. The molecular formula is C17H26N2O2. The molecule has 0 aromatic heterocycles. The average Bonchev–Trinajstić information content (AvgIpc) is 2.84. The van der Waals surface area contributed by atoms with Crippen LogP contribution < -0.4 is 10.5 Å². The van der Waals surface area contributed by atoms with Crippen molar-refractivity contribution in [3.8, 4) is 5.75 Å². The molecule has 1 aromatic carbocycles. The van der Waals surface area contributed by atoms with Gasteiger partial charge < -0.3 is 15.4 Å². The molecule has 0 bridgehead atoms. The standard InChI is InChI=1S/C17H26N2O2/c1-11(2)16-6-5-15(9-12(16)3)21-13(4)17(20)19-8-7-14(18)10-19/h5-6,9,11,13-14H,7-8,10,18H2,1-4H3/t13-,14-/m1/s1. The van der Waals surface area contributed by atoms with E-state index in [1.807, 2.05) is 12.1 Å². The zero-order chi connectivity index (χ0) is 15.6. The smallest absolute Gasteiger partial charge is 0.263 e. The molecule has 2 N–H and O–H groups in total. The number of hydrogen-bond acceptors (Lipinski definition) is 3. The van der Waals surface area contributed by atoms with Crippen LogP contribution in [0.25, 0.3) is 0 Å². The third-order valence-corrected chi connectivity index (χ3v) is 4.06. The van der Waals surface area contributed by atoms with Gasteiger partial charge in [0, 0.05) is 19.1 Å². The number of aryl methyl sites for hydroxylation is 1. The molecule has 4 nitrogen and oxygen atoms in total. The third-order valence-electron chi connectivity index (χ3n) is 4.06. The lowest BCUT2D eigenvalue weighted by Crippen LogP contribution is -2.40. The van der Waals surface area contributed by atoms with Crippen LogP contribution in [0.3, 0.4) is 0 Å². The Morgan fingerprint density at radius 3 is 2.62 bits per heavy atom. The Morgan fingerprint density at radius 1 is 1.38 bits per heavy atom. The number of nitrogens with zero attached hydrogens (tertiary/aromatic N) is 1. The molecule has 1 saturated heterocycles. The third kappa shape index (κ3) is 3.76. The second-order valence-corrected chi connectivity index (χ2v) is 6.27. The molecule has 1 aliphatic rings. The zero-order valence-electron chi connectivity index (χ0n) is 13.4. The Bertz CT molecular complexity index is 514. The van der Waals surface area contributed by atoms with E-state index < -0.39 is 6.10 Å². The van der Waals surface area contributed by atoms with E-state index in [2.05, 4.69) is 26.8 Å². The van der Waals surface area contributed by atoms with Crippen molar-refractivity contribution >= 4 is 5.91 Å². The maximum atomic E-state index is 12.3. The minimum Gasteiger partial charge on any atom is -0.481 e. The lowest BCUT2D eigenvalue weighted by atomic mass is 9.98. The number of hydrogen-bond donors (Lipinski definition) is 1. The first-order chi connectivity index (χ1) is 9.88. The van der Waals surface area contributed by atoms with E-state index in [0.717, 1.165) is 18.7 Å². The predicted molar refractivity (Wildman–Crippen MR) is 84.5 cm³/mol. The number of carbonyl (C=O) groups excluding carboxylic acids is 1. The average molecular weight is 290 g/mol. The molecule has 116 valence electrons. The summed E-state index contributed by atoms with van der Waals surface area (Å²) < 4.78 is 5.81. The molecule has 21 heavy (non-hydrogen) atoms. The van der Waals surface area contributed by atoms with Crippen LogP contribution in [0.4, 0.5) is 0 Å². The Labute approximate surface area is 127 Å². The van der Waals surface area contributed by atoms with Gasteiger partial charge in [0.15, 0.2) is 6.10 Å². The summed E-state index contributed by atoms with van der Waals surface area (Å²) in [7, 11) is 0. The number of ether oxygens (including phenoxy) is 1. The maximum Gasteiger partial charge on any atom is 0.263 e. The molecular weight excluding hydrogens is 264 g/mol. The van der Waals surface area contributed by atoms with Crippen LogP contribution in [0.15, 0.2) is 18.2 Å². The first-order valence-electron chi connectivity index (χ1n) is 7.70. The maximum absolute atomic E-state index is 12.3. The molecule has 0 unspecified atom stereocenters. The Kier molecular flexibility index (Phi) is 4.88. The second kappa shape index (κ2) is 6.48. The molecule has 1 amide bonds. The van der Waals surface area contributed by atoms with Crippen LogP contribution in [-0.4, -0.2) is 36.0 Å². The molecule has 2 atom stereocenters. The van der Waals surface area contributed by atoms with E-state index >= 15 is 0 Å². The van der Waals surface area contributed by atoms with Gasteiger partial charge in [0.1, 0.15) is 5.75 Å². The normalized spacial score (nSPS) is 19.9. The van der Waals surface area contributed by atoms with Gasteiger partial charge in [-0.1, -0.05) is 19.9 Å². The van der Waals surface area contributed by atoms with Gasteiger partial charge in [-0.3, -0.25) is 4.79 Å². The quantitative estimate of drug-likeness (QED) is 0.926. The van der Waals surface area contributed by atoms with Gasteiger partial charge in [-0.2, -0.15) is 0 Å². The van der Waals surface area contributed by atoms with E-state index in [-0.39, 0.29) is 11.9 Å².